The Morgan fingerprint density at radius 3 is 3.20 bits per heavy atom. The Morgan fingerprint density at radius 1 is 1.67 bits per heavy atom. The highest BCUT2D eigenvalue weighted by atomic mass is 16.5. The fourth-order valence-corrected chi connectivity index (χ4v) is 1.36. The zero-order valence-corrected chi connectivity index (χ0v) is 8.17. The molecule has 0 radical (unpaired) electrons. The van der Waals surface area contributed by atoms with Crippen molar-refractivity contribution in [2.45, 2.75) is 6.92 Å². The van der Waals surface area contributed by atoms with Gasteiger partial charge in [0.05, 0.1) is 5.69 Å². The van der Waals surface area contributed by atoms with Crippen LogP contribution in [0.3, 0.4) is 0 Å². The summed E-state index contributed by atoms with van der Waals surface area (Å²) in [6.45, 7) is 1.51. The quantitative estimate of drug-likeness (QED) is 0.816. The number of rotatable bonds is 3. The summed E-state index contributed by atoms with van der Waals surface area (Å²) in [4.78, 5) is 14.6. The van der Waals surface area contributed by atoms with E-state index in [2.05, 4.69) is 4.98 Å². The van der Waals surface area contributed by atoms with E-state index in [4.69, 9.17) is 9.84 Å². The van der Waals surface area contributed by atoms with Gasteiger partial charge in [-0.2, -0.15) is 0 Å². The van der Waals surface area contributed by atoms with Gasteiger partial charge in [0.15, 0.2) is 18.0 Å². The van der Waals surface area contributed by atoms with Gasteiger partial charge in [-0.1, -0.05) is 0 Å². The van der Waals surface area contributed by atoms with E-state index < -0.39 is 5.97 Å². The average Bonchev–Trinajstić information content (AvgIpc) is 2.55. The molecule has 0 saturated carbocycles. The van der Waals surface area contributed by atoms with Crippen molar-refractivity contribution >= 4 is 11.6 Å². The van der Waals surface area contributed by atoms with Crippen molar-refractivity contribution in [1.82, 2.24) is 9.38 Å². The predicted molar refractivity (Wildman–Crippen MR) is 53.1 cm³/mol. The molecule has 0 atom stereocenters. The molecule has 5 heteroatoms. The van der Waals surface area contributed by atoms with Gasteiger partial charge < -0.3 is 14.2 Å². The van der Waals surface area contributed by atoms with Crippen LogP contribution in [0, 0.1) is 6.92 Å². The van der Waals surface area contributed by atoms with Crippen LogP contribution in [0.4, 0.5) is 0 Å². The summed E-state index contributed by atoms with van der Waals surface area (Å²) in [5.41, 5.74) is 1.50. The second-order valence-corrected chi connectivity index (χ2v) is 3.17. The minimum Gasteiger partial charge on any atom is -0.479 e. The molecule has 0 aliphatic heterocycles. The summed E-state index contributed by atoms with van der Waals surface area (Å²) in [6.07, 6.45) is 3.69. The normalized spacial score (nSPS) is 10.5. The van der Waals surface area contributed by atoms with Gasteiger partial charge in [0.2, 0.25) is 0 Å². The Bertz CT molecular complexity index is 504. The van der Waals surface area contributed by atoms with Crippen LogP contribution in [-0.4, -0.2) is 27.1 Å². The Balaban J connectivity index is 2.37. The maximum absolute atomic E-state index is 10.4. The number of fused-ring (bicyclic) bond motifs is 1. The maximum Gasteiger partial charge on any atom is 0.341 e. The highest BCUT2D eigenvalue weighted by Crippen LogP contribution is 2.18. The standard InChI is InChI=1S/C10H10N2O3/c1-7-5-12-4-2-3-8(10(12)11-7)15-6-9(13)14/h2-5H,6H2,1H3,(H,13,14). The SMILES string of the molecule is Cc1cn2cccc(OCC(=O)O)c2n1. The molecule has 78 valence electrons. The van der Waals surface area contributed by atoms with Gasteiger partial charge in [-0.25, -0.2) is 9.78 Å². The number of pyridine rings is 1. The number of nitrogens with zero attached hydrogens (tertiary/aromatic N) is 2. The lowest BCUT2D eigenvalue weighted by Gasteiger charge is -2.03. The Labute approximate surface area is 85.9 Å². The minimum atomic E-state index is -1.000. The molecule has 1 N–H and O–H groups in total. The first-order chi connectivity index (χ1) is 7.16. The van der Waals surface area contributed by atoms with Crippen molar-refractivity contribution in [3.8, 4) is 5.75 Å². The summed E-state index contributed by atoms with van der Waals surface area (Å²) in [7, 11) is 0. The number of aryl methyl sites for hydroxylation is 1. The zero-order chi connectivity index (χ0) is 10.8. The van der Waals surface area contributed by atoms with E-state index in [0.29, 0.717) is 11.4 Å². The Kier molecular flexibility index (Phi) is 2.29. The molecule has 2 aromatic rings. The number of aromatic nitrogens is 2. The molecule has 2 rings (SSSR count). The number of hydrogen-bond donors (Lipinski definition) is 1. The third-order valence-electron chi connectivity index (χ3n) is 1.92. The topological polar surface area (TPSA) is 63.8 Å². The van der Waals surface area contributed by atoms with E-state index in [1.54, 1.807) is 16.5 Å². The molecular formula is C10H10N2O3. The molecule has 15 heavy (non-hydrogen) atoms. The van der Waals surface area contributed by atoms with Crippen molar-refractivity contribution in [3.63, 3.8) is 0 Å². The predicted octanol–water partition coefficient (Wildman–Crippen LogP) is 1.11. The molecule has 0 saturated heterocycles. The molecule has 0 spiro atoms. The van der Waals surface area contributed by atoms with Crippen LogP contribution in [0.2, 0.25) is 0 Å². The molecule has 2 aromatic heterocycles. The van der Waals surface area contributed by atoms with Gasteiger partial charge in [0.1, 0.15) is 0 Å². The first-order valence-corrected chi connectivity index (χ1v) is 4.46. The fraction of sp³-hybridized carbons (Fsp3) is 0.200. The largest absolute Gasteiger partial charge is 0.479 e. The summed E-state index contributed by atoms with van der Waals surface area (Å²) in [5.74, 6) is -0.520. The number of carboxylic acid groups (broad SMARTS) is 1. The highest BCUT2D eigenvalue weighted by Gasteiger charge is 2.06. The first-order valence-electron chi connectivity index (χ1n) is 4.46. The molecule has 0 amide bonds. The van der Waals surface area contributed by atoms with Crippen molar-refractivity contribution in [1.29, 1.82) is 0 Å². The lowest BCUT2D eigenvalue weighted by atomic mass is 10.4. The van der Waals surface area contributed by atoms with Crippen LogP contribution in [0.15, 0.2) is 24.5 Å². The molecule has 0 unspecified atom stereocenters. The van der Waals surface area contributed by atoms with Crippen molar-refractivity contribution < 1.29 is 14.6 Å². The van der Waals surface area contributed by atoms with Gasteiger partial charge >= 0.3 is 5.97 Å². The smallest absolute Gasteiger partial charge is 0.341 e. The third-order valence-corrected chi connectivity index (χ3v) is 1.92. The lowest BCUT2D eigenvalue weighted by Crippen LogP contribution is -2.10. The highest BCUT2D eigenvalue weighted by molar-refractivity contribution is 5.69. The second kappa shape index (κ2) is 3.61. The summed E-state index contributed by atoms with van der Waals surface area (Å²) in [5, 5.41) is 8.50. The van der Waals surface area contributed by atoms with Crippen LogP contribution in [-0.2, 0) is 4.79 Å². The van der Waals surface area contributed by atoms with E-state index in [1.165, 1.54) is 0 Å². The van der Waals surface area contributed by atoms with Crippen LogP contribution in [0.25, 0.3) is 5.65 Å². The van der Waals surface area contributed by atoms with Gasteiger partial charge in [0, 0.05) is 12.4 Å². The molecule has 0 aliphatic rings. The van der Waals surface area contributed by atoms with E-state index >= 15 is 0 Å². The Morgan fingerprint density at radius 2 is 2.47 bits per heavy atom. The van der Waals surface area contributed by atoms with Crippen LogP contribution < -0.4 is 4.74 Å². The van der Waals surface area contributed by atoms with Crippen molar-refractivity contribution in [3.05, 3.63) is 30.2 Å². The molecular weight excluding hydrogens is 196 g/mol. The third kappa shape index (κ3) is 1.90. The minimum absolute atomic E-state index is 0.356. The van der Waals surface area contributed by atoms with E-state index in [9.17, 15) is 4.79 Å². The summed E-state index contributed by atoms with van der Waals surface area (Å²) >= 11 is 0. The van der Waals surface area contributed by atoms with E-state index in [1.807, 2.05) is 19.3 Å². The zero-order valence-electron chi connectivity index (χ0n) is 8.17. The van der Waals surface area contributed by atoms with Crippen LogP contribution >= 0.6 is 0 Å². The van der Waals surface area contributed by atoms with E-state index in [-0.39, 0.29) is 6.61 Å². The lowest BCUT2D eigenvalue weighted by molar-refractivity contribution is -0.139. The Hall–Kier alpha value is -2.04. The fourth-order valence-electron chi connectivity index (χ4n) is 1.36. The van der Waals surface area contributed by atoms with Gasteiger partial charge in [-0.15, -0.1) is 0 Å². The maximum atomic E-state index is 10.4. The molecule has 2 heterocycles. The average molecular weight is 206 g/mol. The van der Waals surface area contributed by atoms with Crippen LogP contribution in [0.5, 0.6) is 5.75 Å². The molecule has 0 aliphatic carbocycles. The number of aliphatic carboxylic acids is 1. The number of imidazole rings is 1. The van der Waals surface area contributed by atoms with Crippen LogP contribution in [0.1, 0.15) is 5.69 Å². The van der Waals surface area contributed by atoms with Gasteiger partial charge in [0.25, 0.3) is 0 Å². The monoisotopic (exact) mass is 206 g/mol. The first kappa shape index (κ1) is 9.51. The van der Waals surface area contributed by atoms with Crippen molar-refractivity contribution in [2.75, 3.05) is 6.61 Å². The van der Waals surface area contributed by atoms with E-state index in [0.717, 1.165) is 5.69 Å². The number of carbonyl (C=O) groups is 1. The van der Waals surface area contributed by atoms with Gasteiger partial charge in [-0.3, -0.25) is 0 Å². The summed E-state index contributed by atoms with van der Waals surface area (Å²) < 4.78 is 6.91. The molecule has 0 aromatic carbocycles. The number of carboxylic acids is 1. The van der Waals surface area contributed by atoms with Gasteiger partial charge in [-0.05, 0) is 19.1 Å². The molecule has 0 fully saturated rings. The summed E-state index contributed by atoms with van der Waals surface area (Å²) in [6, 6.07) is 3.48. The number of hydrogen-bond acceptors (Lipinski definition) is 3. The second-order valence-electron chi connectivity index (χ2n) is 3.17. The molecule has 0 bridgehead atoms. The van der Waals surface area contributed by atoms with Crippen molar-refractivity contribution in [2.24, 2.45) is 0 Å². The number of ether oxygens (including phenoxy) is 1. The molecule has 5 nitrogen and oxygen atoms in total.